The standard InChI is InChI=1S/C16H30N4O7/c1-5-7(2)12(15(26)18-6-10(23)24)19-16(27)13(9(4)22)20-14(25)11(17)8(3)21/h7-9,11-13,21-22H,5-6,17H2,1-4H3,(H,18,26)(H,19,27)(H,20,25)(H,23,24). The monoisotopic (exact) mass is 390 g/mol. The van der Waals surface area contributed by atoms with Gasteiger partial charge in [-0.2, -0.15) is 0 Å². The van der Waals surface area contributed by atoms with Crippen molar-refractivity contribution in [2.24, 2.45) is 11.7 Å². The van der Waals surface area contributed by atoms with E-state index in [2.05, 4.69) is 16.0 Å². The number of carboxylic acid groups (broad SMARTS) is 1. The second kappa shape index (κ2) is 11.5. The molecule has 0 aliphatic rings. The molecule has 156 valence electrons. The lowest BCUT2D eigenvalue weighted by atomic mass is 9.97. The fourth-order valence-electron chi connectivity index (χ4n) is 2.09. The van der Waals surface area contributed by atoms with Gasteiger partial charge in [-0.05, 0) is 19.8 Å². The molecule has 0 aliphatic carbocycles. The van der Waals surface area contributed by atoms with Crippen molar-refractivity contribution in [2.75, 3.05) is 6.54 Å². The number of carbonyl (C=O) groups excluding carboxylic acids is 3. The van der Waals surface area contributed by atoms with Gasteiger partial charge in [-0.15, -0.1) is 0 Å². The fourth-order valence-corrected chi connectivity index (χ4v) is 2.09. The van der Waals surface area contributed by atoms with Gasteiger partial charge in [0.25, 0.3) is 0 Å². The van der Waals surface area contributed by atoms with Crippen molar-refractivity contribution >= 4 is 23.7 Å². The van der Waals surface area contributed by atoms with E-state index < -0.39 is 60.6 Å². The van der Waals surface area contributed by atoms with Gasteiger partial charge in [0.1, 0.15) is 24.7 Å². The van der Waals surface area contributed by atoms with E-state index >= 15 is 0 Å². The molecule has 6 atom stereocenters. The molecule has 6 unspecified atom stereocenters. The zero-order chi connectivity index (χ0) is 21.3. The summed E-state index contributed by atoms with van der Waals surface area (Å²) in [6.07, 6.45) is -1.98. The summed E-state index contributed by atoms with van der Waals surface area (Å²) in [7, 11) is 0. The van der Waals surface area contributed by atoms with Gasteiger partial charge >= 0.3 is 5.97 Å². The Balaban J connectivity index is 5.24. The molecule has 0 aromatic heterocycles. The molecular weight excluding hydrogens is 360 g/mol. The first-order valence-electron chi connectivity index (χ1n) is 8.64. The van der Waals surface area contributed by atoms with Crippen LogP contribution in [0.2, 0.25) is 0 Å². The lowest BCUT2D eigenvalue weighted by Crippen LogP contribution is -2.61. The second-order valence-electron chi connectivity index (χ2n) is 6.48. The number of nitrogens with one attached hydrogen (secondary N) is 3. The van der Waals surface area contributed by atoms with Crippen molar-refractivity contribution in [1.29, 1.82) is 0 Å². The third kappa shape index (κ3) is 8.33. The summed E-state index contributed by atoms with van der Waals surface area (Å²) in [6.45, 7) is 5.42. The molecule has 0 spiro atoms. The molecule has 0 aromatic rings. The molecule has 0 saturated carbocycles. The topological polar surface area (TPSA) is 191 Å². The molecule has 0 fully saturated rings. The molecule has 0 heterocycles. The zero-order valence-electron chi connectivity index (χ0n) is 15.9. The molecule has 0 saturated heterocycles. The Morgan fingerprint density at radius 3 is 1.81 bits per heavy atom. The van der Waals surface area contributed by atoms with Crippen molar-refractivity contribution in [3.8, 4) is 0 Å². The number of amides is 3. The number of hydrogen-bond donors (Lipinski definition) is 7. The van der Waals surface area contributed by atoms with Crippen molar-refractivity contribution in [3.63, 3.8) is 0 Å². The minimum absolute atomic E-state index is 0.340. The highest BCUT2D eigenvalue weighted by Gasteiger charge is 2.33. The van der Waals surface area contributed by atoms with E-state index in [1.807, 2.05) is 0 Å². The van der Waals surface area contributed by atoms with Gasteiger partial charge in [-0.25, -0.2) is 0 Å². The Kier molecular flexibility index (Phi) is 10.5. The van der Waals surface area contributed by atoms with Gasteiger partial charge in [0.2, 0.25) is 17.7 Å². The van der Waals surface area contributed by atoms with E-state index in [4.69, 9.17) is 10.8 Å². The van der Waals surface area contributed by atoms with E-state index in [0.29, 0.717) is 6.42 Å². The lowest BCUT2D eigenvalue weighted by molar-refractivity contribution is -0.139. The summed E-state index contributed by atoms with van der Waals surface area (Å²) in [6, 6.07) is -3.78. The maximum absolute atomic E-state index is 12.5. The number of carbonyl (C=O) groups is 4. The average Bonchev–Trinajstić information content (AvgIpc) is 2.59. The summed E-state index contributed by atoms with van der Waals surface area (Å²) < 4.78 is 0. The first-order valence-corrected chi connectivity index (χ1v) is 8.64. The number of aliphatic hydroxyl groups is 2. The molecule has 11 nitrogen and oxygen atoms in total. The maximum Gasteiger partial charge on any atom is 0.322 e. The van der Waals surface area contributed by atoms with Crippen LogP contribution in [0.4, 0.5) is 0 Å². The first-order chi connectivity index (χ1) is 12.4. The van der Waals surface area contributed by atoms with Gasteiger partial charge in [0, 0.05) is 0 Å². The lowest BCUT2D eigenvalue weighted by Gasteiger charge is -2.28. The van der Waals surface area contributed by atoms with Gasteiger partial charge in [-0.1, -0.05) is 20.3 Å². The van der Waals surface area contributed by atoms with Crippen LogP contribution in [0.15, 0.2) is 0 Å². The smallest absolute Gasteiger partial charge is 0.322 e. The Morgan fingerprint density at radius 1 is 0.889 bits per heavy atom. The van der Waals surface area contributed by atoms with E-state index in [9.17, 15) is 29.4 Å². The predicted molar refractivity (Wildman–Crippen MR) is 95.3 cm³/mol. The van der Waals surface area contributed by atoms with Crippen LogP contribution < -0.4 is 21.7 Å². The molecule has 0 aromatic carbocycles. The fraction of sp³-hybridized carbons (Fsp3) is 0.750. The van der Waals surface area contributed by atoms with Crippen LogP contribution >= 0.6 is 0 Å². The highest BCUT2D eigenvalue weighted by Crippen LogP contribution is 2.09. The summed E-state index contributed by atoms with van der Waals surface area (Å²) in [5.74, 6) is -3.96. The van der Waals surface area contributed by atoms with E-state index in [0.717, 1.165) is 0 Å². The van der Waals surface area contributed by atoms with Crippen LogP contribution in [0.25, 0.3) is 0 Å². The molecule has 0 bridgehead atoms. The summed E-state index contributed by atoms with van der Waals surface area (Å²) >= 11 is 0. The zero-order valence-corrected chi connectivity index (χ0v) is 15.9. The van der Waals surface area contributed by atoms with Gasteiger partial charge in [0.15, 0.2) is 0 Å². The molecule has 27 heavy (non-hydrogen) atoms. The minimum atomic E-state index is -1.42. The predicted octanol–water partition coefficient (Wildman–Crippen LogP) is -2.71. The first kappa shape index (κ1) is 24.8. The summed E-state index contributed by atoms with van der Waals surface area (Å²) in [5, 5.41) is 34.7. The average molecular weight is 390 g/mol. The second-order valence-corrected chi connectivity index (χ2v) is 6.48. The van der Waals surface area contributed by atoms with E-state index in [1.165, 1.54) is 13.8 Å². The molecule has 0 radical (unpaired) electrons. The van der Waals surface area contributed by atoms with Crippen molar-refractivity contribution in [3.05, 3.63) is 0 Å². The molecule has 8 N–H and O–H groups in total. The largest absolute Gasteiger partial charge is 0.480 e. The Hall–Kier alpha value is -2.24. The van der Waals surface area contributed by atoms with Gasteiger partial charge < -0.3 is 37.0 Å². The Bertz CT molecular complexity index is 539. The van der Waals surface area contributed by atoms with Crippen LogP contribution in [0, 0.1) is 5.92 Å². The van der Waals surface area contributed by atoms with Crippen LogP contribution in [-0.2, 0) is 19.2 Å². The van der Waals surface area contributed by atoms with Crippen molar-refractivity contribution in [1.82, 2.24) is 16.0 Å². The maximum atomic E-state index is 12.5. The number of aliphatic carboxylic acids is 1. The number of carboxylic acids is 1. The van der Waals surface area contributed by atoms with E-state index in [-0.39, 0.29) is 5.92 Å². The summed E-state index contributed by atoms with van der Waals surface area (Å²) in [4.78, 5) is 47.3. The Morgan fingerprint density at radius 2 is 1.41 bits per heavy atom. The third-order valence-corrected chi connectivity index (χ3v) is 4.09. The van der Waals surface area contributed by atoms with Gasteiger partial charge in [-0.3, -0.25) is 19.2 Å². The number of nitrogens with two attached hydrogens (primary N) is 1. The molecular formula is C16H30N4O7. The molecule has 0 aliphatic heterocycles. The SMILES string of the molecule is CCC(C)C(NC(=O)C(NC(=O)C(N)C(C)O)C(C)O)C(=O)NCC(=O)O. The van der Waals surface area contributed by atoms with E-state index in [1.54, 1.807) is 13.8 Å². The number of hydrogen-bond acceptors (Lipinski definition) is 7. The normalized spacial score (nSPS) is 17.6. The molecule has 11 heteroatoms. The van der Waals surface area contributed by atoms with Crippen LogP contribution in [-0.4, -0.2) is 75.9 Å². The molecule has 0 rings (SSSR count). The van der Waals surface area contributed by atoms with Crippen LogP contribution in [0.1, 0.15) is 34.1 Å². The van der Waals surface area contributed by atoms with Crippen molar-refractivity contribution < 1.29 is 34.5 Å². The minimum Gasteiger partial charge on any atom is -0.480 e. The van der Waals surface area contributed by atoms with Crippen LogP contribution in [0.3, 0.4) is 0 Å². The van der Waals surface area contributed by atoms with Crippen molar-refractivity contribution in [2.45, 2.75) is 64.4 Å². The highest BCUT2D eigenvalue weighted by atomic mass is 16.4. The third-order valence-electron chi connectivity index (χ3n) is 4.09. The van der Waals surface area contributed by atoms with Crippen LogP contribution in [0.5, 0.6) is 0 Å². The quantitative estimate of drug-likeness (QED) is 0.198. The Labute approximate surface area is 157 Å². The van der Waals surface area contributed by atoms with Gasteiger partial charge in [0.05, 0.1) is 12.2 Å². The number of rotatable bonds is 11. The number of aliphatic hydroxyl groups excluding tert-OH is 2. The highest BCUT2D eigenvalue weighted by molar-refractivity contribution is 5.94. The summed E-state index contributed by atoms with van der Waals surface area (Å²) in [5.41, 5.74) is 5.50. The molecule has 3 amide bonds.